The number of hydrogen-bond donors (Lipinski definition) is 0. The summed E-state index contributed by atoms with van der Waals surface area (Å²) in [5.74, 6) is -1.73. The molecular weight excluding hydrogens is 488 g/mol. The molecule has 0 spiro atoms. The summed E-state index contributed by atoms with van der Waals surface area (Å²) in [5.41, 5.74) is 0.711. The van der Waals surface area contributed by atoms with E-state index in [2.05, 4.69) is 0 Å². The number of ether oxygens (including phenoxy) is 2. The van der Waals surface area contributed by atoms with E-state index in [1.807, 2.05) is 13.8 Å². The van der Waals surface area contributed by atoms with Crippen LogP contribution in [0.25, 0.3) is 0 Å². The van der Waals surface area contributed by atoms with Gasteiger partial charge in [-0.15, -0.1) is 0 Å². The predicted molar refractivity (Wildman–Crippen MR) is 143 cm³/mol. The van der Waals surface area contributed by atoms with Gasteiger partial charge in [-0.3, -0.25) is 0 Å². The molecule has 0 aromatic heterocycles. The largest absolute Gasteiger partial charge is 0.454 e. The van der Waals surface area contributed by atoms with E-state index in [9.17, 15) is 18.0 Å². The number of carbonyl (C=O) groups excluding carboxylic acids is 2. The van der Waals surface area contributed by atoms with Crippen molar-refractivity contribution in [3.8, 4) is 5.75 Å². The van der Waals surface area contributed by atoms with E-state index in [0.29, 0.717) is 30.4 Å². The van der Waals surface area contributed by atoms with Crippen LogP contribution in [0.2, 0.25) is 0 Å². The van der Waals surface area contributed by atoms with Crippen LogP contribution in [0.3, 0.4) is 0 Å². The number of para-hydroxylation sites is 1. The SMILES string of the molecule is CCCCC([CH]OC(=O)c1ccccc1)C(CCC)S(=O)(=O)c1ccccc1OC(=O)c1ccccc1. The molecule has 0 heterocycles. The number of esters is 2. The summed E-state index contributed by atoms with van der Waals surface area (Å²) >= 11 is 0. The van der Waals surface area contributed by atoms with E-state index in [-0.39, 0.29) is 10.6 Å². The summed E-state index contributed by atoms with van der Waals surface area (Å²) in [5, 5.41) is -0.857. The van der Waals surface area contributed by atoms with Crippen LogP contribution in [0.5, 0.6) is 5.75 Å². The number of hydrogen-bond acceptors (Lipinski definition) is 6. The third-order valence-corrected chi connectivity index (χ3v) is 8.40. The topological polar surface area (TPSA) is 86.7 Å². The average Bonchev–Trinajstić information content (AvgIpc) is 2.93. The smallest absolute Gasteiger partial charge is 0.343 e. The van der Waals surface area contributed by atoms with Gasteiger partial charge in [0.15, 0.2) is 9.84 Å². The van der Waals surface area contributed by atoms with E-state index in [4.69, 9.17) is 9.47 Å². The minimum atomic E-state index is -3.96. The molecule has 3 rings (SSSR count). The van der Waals surface area contributed by atoms with Crippen molar-refractivity contribution in [2.45, 2.75) is 56.1 Å². The first kappa shape index (κ1) is 28.1. The fourth-order valence-electron chi connectivity index (χ4n) is 4.12. The van der Waals surface area contributed by atoms with Gasteiger partial charge < -0.3 is 9.47 Å². The second-order valence-corrected chi connectivity index (χ2v) is 10.9. The van der Waals surface area contributed by atoms with Crippen LogP contribution in [-0.4, -0.2) is 25.6 Å². The second kappa shape index (κ2) is 13.7. The first-order valence-corrected chi connectivity index (χ1v) is 14.1. The minimum Gasteiger partial charge on any atom is -0.454 e. The van der Waals surface area contributed by atoms with Gasteiger partial charge in [-0.05, 0) is 49.2 Å². The maximum Gasteiger partial charge on any atom is 0.343 e. The molecule has 0 bridgehead atoms. The monoisotopic (exact) mass is 521 g/mol. The highest BCUT2D eigenvalue weighted by Gasteiger charge is 2.37. The Bertz CT molecular complexity index is 1260. The van der Waals surface area contributed by atoms with Gasteiger partial charge in [0, 0.05) is 5.92 Å². The molecule has 37 heavy (non-hydrogen) atoms. The van der Waals surface area contributed by atoms with Crippen LogP contribution >= 0.6 is 0 Å². The summed E-state index contributed by atoms with van der Waals surface area (Å²) in [6, 6.07) is 23.2. The Morgan fingerprint density at radius 2 is 1.32 bits per heavy atom. The molecule has 195 valence electrons. The third-order valence-electron chi connectivity index (χ3n) is 6.07. The summed E-state index contributed by atoms with van der Waals surface area (Å²) in [4.78, 5) is 25.2. The molecular formula is C30H33O6S. The van der Waals surface area contributed by atoms with Crippen molar-refractivity contribution < 1.29 is 27.5 Å². The predicted octanol–water partition coefficient (Wildman–Crippen LogP) is 6.67. The number of rotatable bonds is 13. The Labute approximate surface area is 219 Å². The Kier molecular flexibility index (Phi) is 10.4. The quantitative estimate of drug-likeness (QED) is 0.184. The summed E-state index contributed by atoms with van der Waals surface area (Å²) in [6.07, 6.45) is 3.13. The summed E-state index contributed by atoms with van der Waals surface area (Å²) < 4.78 is 39.1. The van der Waals surface area contributed by atoms with Crippen LogP contribution < -0.4 is 4.74 Å². The molecule has 0 saturated carbocycles. The number of unbranched alkanes of at least 4 members (excludes halogenated alkanes) is 1. The summed E-state index contributed by atoms with van der Waals surface area (Å²) in [7, 11) is -3.96. The van der Waals surface area contributed by atoms with E-state index in [1.54, 1.807) is 72.8 Å². The first-order chi connectivity index (χ1) is 17.9. The Hall–Kier alpha value is -3.45. The highest BCUT2D eigenvalue weighted by molar-refractivity contribution is 7.92. The van der Waals surface area contributed by atoms with Crippen LogP contribution in [0.15, 0.2) is 89.8 Å². The average molecular weight is 522 g/mol. The zero-order valence-electron chi connectivity index (χ0n) is 21.2. The van der Waals surface area contributed by atoms with Crippen LogP contribution in [-0.2, 0) is 14.6 Å². The molecule has 3 aromatic rings. The number of benzene rings is 3. The second-order valence-electron chi connectivity index (χ2n) is 8.79. The molecule has 0 saturated heterocycles. The van der Waals surface area contributed by atoms with Crippen molar-refractivity contribution in [1.82, 2.24) is 0 Å². The summed E-state index contributed by atoms with van der Waals surface area (Å²) in [6.45, 7) is 5.31. The third kappa shape index (κ3) is 7.52. The zero-order valence-corrected chi connectivity index (χ0v) is 22.0. The highest BCUT2D eigenvalue weighted by Crippen LogP contribution is 2.35. The van der Waals surface area contributed by atoms with Gasteiger partial charge in [0.05, 0.1) is 16.4 Å². The Morgan fingerprint density at radius 1 is 0.757 bits per heavy atom. The van der Waals surface area contributed by atoms with Gasteiger partial charge >= 0.3 is 11.9 Å². The molecule has 7 heteroatoms. The zero-order chi connectivity index (χ0) is 26.7. The maximum absolute atomic E-state index is 14.0. The molecule has 3 aromatic carbocycles. The minimum absolute atomic E-state index is 0.0204. The maximum atomic E-state index is 14.0. The Balaban J connectivity index is 1.89. The van der Waals surface area contributed by atoms with Gasteiger partial charge in [-0.25, -0.2) is 18.0 Å². The molecule has 6 nitrogen and oxygen atoms in total. The lowest BCUT2D eigenvalue weighted by Gasteiger charge is -2.27. The standard InChI is InChI=1S/C30H33O6S/c1-3-5-15-25(22-35-29(31)23-16-8-6-9-17-23)27(14-4-2)37(33,34)28-21-13-12-20-26(28)36-30(32)24-18-10-7-11-19-24/h6-13,16-22,25,27H,3-5,14-15H2,1-2H3. The molecule has 2 unspecified atom stereocenters. The van der Waals surface area contributed by atoms with E-state index in [0.717, 1.165) is 12.8 Å². The molecule has 0 N–H and O–H groups in total. The molecule has 0 aliphatic rings. The van der Waals surface area contributed by atoms with Gasteiger partial charge in [-0.1, -0.05) is 81.6 Å². The van der Waals surface area contributed by atoms with Gasteiger partial charge in [0.2, 0.25) is 0 Å². The lowest BCUT2D eigenvalue weighted by atomic mass is 9.96. The lowest BCUT2D eigenvalue weighted by molar-refractivity contribution is 0.0560. The number of carbonyl (C=O) groups is 2. The van der Waals surface area contributed by atoms with Crippen molar-refractivity contribution in [3.63, 3.8) is 0 Å². The van der Waals surface area contributed by atoms with Crippen molar-refractivity contribution in [1.29, 1.82) is 0 Å². The number of sulfone groups is 1. The van der Waals surface area contributed by atoms with E-state index >= 15 is 0 Å². The van der Waals surface area contributed by atoms with E-state index < -0.39 is 32.9 Å². The first-order valence-electron chi connectivity index (χ1n) is 12.6. The van der Waals surface area contributed by atoms with Crippen LogP contribution in [0.1, 0.15) is 66.7 Å². The fraction of sp³-hybridized carbons (Fsp3) is 0.300. The molecule has 0 fully saturated rings. The van der Waals surface area contributed by atoms with E-state index in [1.165, 1.54) is 18.7 Å². The van der Waals surface area contributed by atoms with Crippen LogP contribution in [0.4, 0.5) is 0 Å². The van der Waals surface area contributed by atoms with Crippen LogP contribution in [0, 0.1) is 12.5 Å². The van der Waals surface area contributed by atoms with Gasteiger partial charge in [0.1, 0.15) is 17.3 Å². The Morgan fingerprint density at radius 3 is 1.92 bits per heavy atom. The van der Waals surface area contributed by atoms with Crippen molar-refractivity contribution in [3.05, 3.63) is 103 Å². The molecule has 0 aliphatic carbocycles. The highest BCUT2D eigenvalue weighted by atomic mass is 32.2. The molecule has 2 atom stereocenters. The normalized spacial score (nSPS) is 12.9. The fourth-order valence-corrected chi connectivity index (χ4v) is 6.31. The molecule has 0 aliphatic heterocycles. The molecule has 1 radical (unpaired) electrons. The molecule has 0 amide bonds. The lowest BCUT2D eigenvalue weighted by Crippen LogP contribution is -2.32. The van der Waals surface area contributed by atoms with Crippen molar-refractivity contribution in [2.75, 3.05) is 0 Å². The van der Waals surface area contributed by atoms with Crippen molar-refractivity contribution >= 4 is 21.8 Å². The van der Waals surface area contributed by atoms with Crippen molar-refractivity contribution in [2.24, 2.45) is 5.92 Å². The van der Waals surface area contributed by atoms with Gasteiger partial charge in [0.25, 0.3) is 0 Å². The van der Waals surface area contributed by atoms with Gasteiger partial charge in [-0.2, -0.15) is 0 Å².